The predicted octanol–water partition coefficient (Wildman–Crippen LogP) is 5.21. The molecule has 0 aliphatic heterocycles. The minimum atomic E-state index is -4.50. The molecule has 0 aliphatic carbocycles. The van der Waals surface area contributed by atoms with Gasteiger partial charge < -0.3 is 14.8 Å². The molecule has 0 saturated carbocycles. The fraction of sp³-hybridized carbons (Fsp3) is 0.208. The summed E-state index contributed by atoms with van der Waals surface area (Å²) >= 11 is 0. The molecule has 4 rings (SSSR count). The van der Waals surface area contributed by atoms with Gasteiger partial charge in [0.2, 0.25) is 0 Å². The summed E-state index contributed by atoms with van der Waals surface area (Å²) in [6.45, 7) is 0.327. The van der Waals surface area contributed by atoms with Gasteiger partial charge in [0.1, 0.15) is 36.3 Å². The van der Waals surface area contributed by atoms with Gasteiger partial charge in [0, 0.05) is 12.6 Å². The molecule has 6 nitrogen and oxygen atoms in total. The normalized spacial score (nSPS) is 11.5. The molecule has 0 spiro atoms. The Labute approximate surface area is 197 Å². The van der Waals surface area contributed by atoms with Crippen molar-refractivity contribution in [2.75, 3.05) is 19.0 Å². The number of hydrogen-bond donors (Lipinski definition) is 1. The Hall–Kier alpha value is -4.02. The van der Waals surface area contributed by atoms with E-state index in [0.29, 0.717) is 18.7 Å². The van der Waals surface area contributed by atoms with Gasteiger partial charge in [-0.15, -0.1) is 0 Å². The topological polar surface area (TPSA) is 60.1 Å². The van der Waals surface area contributed by atoms with Crippen LogP contribution in [0.4, 0.5) is 27.8 Å². The standard InChI is InChI=1S/C24H20F5N4O2/c1-33-10-8-15(24(27,28)29)12-20(33)35-18-6-3-14(11-19(18)34-2)7-9-30-23-21-16(25)4-5-17(26)22(21)31-13-32-23/h3-6,8,10-13H,7,9H2,1-2H3,(H,30,31,32)/q+1. The molecule has 2 heterocycles. The van der Waals surface area contributed by atoms with Crippen LogP contribution in [0.1, 0.15) is 11.1 Å². The SMILES string of the molecule is COc1cc(CCNc2ncnc3c(F)ccc(F)c23)ccc1Oc1cc(C(F)(F)F)cc[n+]1C. The molecular formula is C24H20F5N4O2+. The molecule has 35 heavy (non-hydrogen) atoms. The van der Waals surface area contributed by atoms with Gasteiger partial charge >= 0.3 is 12.1 Å². The summed E-state index contributed by atoms with van der Waals surface area (Å²) in [5, 5.41) is 2.95. The third kappa shape index (κ3) is 5.23. The molecule has 182 valence electrons. The molecule has 0 radical (unpaired) electrons. The van der Waals surface area contributed by atoms with E-state index in [1.54, 1.807) is 25.2 Å². The van der Waals surface area contributed by atoms with Gasteiger partial charge in [-0.05, 0) is 36.2 Å². The van der Waals surface area contributed by atoms with E-state index in [-0.39, 0.29) is 28.4 Å². The van der Waals surface area contributed by atoms with Crippen molar-refractivity contribution in [2.24, 2.45) is 7.05 Å². The highest BCUT2D eigenvalue weighted by Crippen LogP contribution is 2.34. The van der Waals surface area contributed by atoms with E-state index in [9.17, 15) is 22.0 Å². The van der Waals surface area contributed by atoms with Crippen molar-refractivity contribution in [2.45, 2.75) is 12.6 Å². The number of halogens is 5. The second kappa shape index (κ2) is 9.69. The number of pyridine rings is 1. The zero-order chi connectivity index (χ0) is 25.2. The van der Waals surface area contributed by atoms with Gasteiger partial charge in [0.05, 0.1) is 24.1 Å². The number of aryl methyl sites for hydroxylation is 1. The second-order valence-corrected chi connectivity index (χ2v) is 7.60. The lowest BCUT2D eigenvalue weighted by atomic mass is 10.1. The molecule has 0 bridgehead atoms. The van der Waals surface area contributed by atoms with Crippen LogP contribution in [0.25, 0.3) is 10.9 Å². The molecule has 2 aromatic carbocycles. The maximum Gasteiger partial charge on any atom is 0.417 e. The van der Waals surface area contributed by atoms with Gasteiger partial charge in [0.15, 0.2) is 17.7 Å². The van der Waals surface area contributed by atoms with E-state index in [0.717, 1.165) is 36.2 Å². The summed E-state index contributed by atoms with van der Waals surface area (Å²) in [6.07, 6.45) is -1.64. The average molecular weight is 491 g/mol. The van der Waals surface area contributed by atoms with Crippen LogP contribution in [0, 0.1) is 11.6 Å². The molecule has 0 amide bonds. The van der Waals surface area contributed by atoms with Crippen LogP contribution in [-0.4, -0.2) is 23.6 Å². The number of hydrogen-bond acceptors (Lipinski definition) is 5. The van der Waals surface area contributed by atoms with E-state index in [1.165, 1.54) is 17.9 Å². The number of anilines is 1. The van der Waals surface area contributed by atoms with Crippen LogP contribution in [0.5, 0.6) is 17.4 Å². The lowest BCUT2D eigenvalue weighted by Crippen LogP contribution is -2.30. The van der Waals surface area contributed by atoms with Crippen LogP contribution in [0.2, 0.25) is 0 Å². The lowest BCUT2D eigenvalue weighted by molar-refractivity contribution is -0.676. The first-order valence-corrected chi connectivity index (χ1v) is 10.4. The summed E-state index contributed by atoms with van der Waals surface area (Å²) in [6, 6.07) is 8.88. The van der Waals surface area contributed by atoms with Crippen molar-refractivity contribution in [1.82, 2.24) is 9.97 Å². The van der Waals surface area contributed by atoms with Crippen molar-refractivity contribution in [3.63, 3.8) is 0 Å². The average Bonchev–Trinajstić information content (AvgIpc) is 2.83. The zero-order valence-corrected chi connectivity index (χ0v) is 18.7. The molecule has 0 fully saturated rings. The van der Waals surface area contributed by atoms with Crippen molar-refractivity contribution in [1.29, 1.82) is 0 Å². The first-order valence-electron chi connectivity index (χ1n) is 10.4. The quantitative estimate of drug-likeness (QED) is 0.284. The van der Waals surface area contributed by atoms with Crippen molar-refractivity contribution in [3.8, 4) is 17.4 Å². The van der Waals surface area contributed by atoms with Gasteiger partial charge in [-0.3, -0.25) is 0 Å². The fourth-order valence-electron chi connectivity index (χ4n) is 3.45. The maximum atomic E-state index is 14.2. The lowest BCUT2D eigenvalue weighted by Gasteiger charge is -2.13. The zero-order valence-electron chi connectivity index (χ0n) is 18.7. The highest BCUT2D eigenvalue weighted by Gasteiger charge is 2.33. The molecular weight excluding hydrogens is 471 g/mol. The minimum Gasteiger partial charge on any atom is -0.493 e. The number of nitrogens with one attached hydrogen (secondary N) is 1. The number of methoxy groups -OCH3 is 1. The van der Waals surface area contributed by atoms with E-state index >= 15 is 0 Å². The minimum absolute atomic E-state index is 0.0163. The number of aromatic nitrogens is 3. The Morgan fingerprint density at radius 1 is 0.971 bits per heavy atom. The summed E-state index contributed by atoms with van der Waals surface area (Å²) < 4.78 is 79.8. The van der Waals surface area contributed by atoms with Crippen molar-refractivity contribution >= 4 is 16.7 Å². The van der Waals surface area contributed by atoms with Crippen LogP contribution in [-0.2, 0) is 19.6 Å². The summed E-state index contributed by atoms with van der Waals surface area (Å²) in [7, 11) is 2.98. The number of benzene rings is 2. The Morgan fingerprint density at radius 2 is 1.74 bits per heavy atom. The van der Waals surface area contributed by atoms with Crippen LogP contribution < -0.4 is 19.4 Å². The molecule has 1 N–H and O–H groups in total. The Kier molecular flexibility index (Phi) is 6.68. The summed E-state index contributed by atoms with van der Waals surface area (Å²) in [5.74, 6) is -0.593. The van der Waals surface area contributed by atoms with Gasteiger partial charge in [-0.25, -0.2) is 18.7 Å². The van der Waals surface area contributed by atoms with E-state index in [2.05, 4.69) is 15.3 Å². The maximum absolute atomic E-state index is 14.2. The molecule has 0 unspecified atom stereocenters. The third-order valence-electron chi connectivity index (χ3n) is 5.27. The monoisotopic (exact) mass is 491 g/mol. The Morgan fingerprint density at radius 3 is 2.49 bits per heavy atom. The number of rotatable bonds is 7. The number of nitrogens with zero attached hydrogens (tertiary/aromatic N) is 3. The highest BCUT2D eigenvalue weighted by atomic mass is 19.4. The Bertz CT molecular complexity index is 1380. The van der Waals surface area contributed by atoms with Gasteiger partial charge in [-0.1, -0.05) is 6.07 Å². The second-order valence-electron chi connectivity index (χ2n) is 7.60. The summed E-state index contributed by atoms with van der Waals surface area (Å²) in [4.78, 5) is 7.81. The Balaban J connectivity index is 1.49. The van der Waals surface area contributed by atoms with Gasteiger partial charge in [-0.2, -0.15) is 17.7 Å². The first kappa shape index (κ1) is 24.1. The summed E-state index contributed by atoms with van der Waals surface area (Å²) in [5.41, 5.74) is -0.144. The molecule has 0 atom stereocenters. The fourth-order valence-corrected chi connectivity index (χ4v) is 3.45. The largest absolute Gasteiger partial charge is 0.493 e. The molecule has 2 aromatic heterocycles. The van der Waals surface area contributed by atoms with Crippen LogP contribution in [0.15, 0.2) is 55.0 Å². The van der Waals surface area contributed by atoms with E-state index in [4.69, 9.17) is 9.47 Å². The highest BCUT2D eigenvalue weighted by molar-refractivity contribution is 5.89. The van der Waals surface area contributed by atoms with E-state index < -0.39 is 23.4 Å². The number of ether oxygens (including phenoxy) is 2. The molecule has 0 aliphatic rings. The number of fused-ring (bicyclic) bond motifs is 1. The third-order valence-corrected chi connectivity index (χ3v) is 5.27. The number of alkyl halides is 3. The first-order chi connectivity index (χ1) is 16.7. The van der Waals surface area contributed by atoms with Crippen LogP contribution >= 0.6 is 0 Å². The smallest absolute Gasteiger partial charge is 0.417 e. The predicted molar refractivity (Wildman–Crippen MR) is 117 cm³/mol. The van der Waals surface area contributed by atoms with Crippen molar-refractivity contribution in [3.05, 3.63) is 77.8 Å². The molecule has 11 heteroatoms. The van der Waals surface area contributed by atoms with E-state index in [1.807, 2.05) is 0 Å². The van der Waals surface area contributed by atoms with Crippen LogP contribution in [0.3, 0.4) is 0 Å². The van der Waals surface area contributed by atoms with Gasteiger partial charge in [0.25, 0.3) is 0 Å². The molecule has 4 aromatic rings. The molecule has 0 saturated heterocycles. The van der Waals surface area contributed by atoms with Crippen molar-refractivity contribution < 1.29 is 36.0 Å².